The number of amides is 2. The minimum atomic E-state index is -0.558. The molecule has 1 atom stereocenters. The van der Waals surface area contributed by atoms with Crippen molar-refractivity contribution < 1.29 is 18.7 Å². The number of hydrogen-bond donors (Lipinski definition) is 2. The average Bonchev–Trinajstić information content (AvgIpc) is 3.10. The van der Waals surface area contributed by atoms with Gasteiger partial charge in [-0.15, -0.1) is 11.3 Å². The highest BCUT2D eigenvalue weighted by atomic mass is 32.1. The molecule has 0 radical (unpaired) electrons. The topological polar surface area (TPSA) is 109 Å². The zero-order chi connectivity index (χ0) is 25.3. The van der Waals surface area contributed by atoms with Crippen molar-refractivity contribution in [2.45, 2.75) is 46.3 Å². The van der Waals surface area contributed by atoms with Gasteiger partial charge in [0.2, 0.25) is 5.95 Å². The van der Waals surface area contributed by atoms with E-state index in [1.54, 1.807) is 11.1 Å². The molecule has 9 nitrogen and oxygen atoms in total. The average molecular weight is 501 g/mol. The first-order valence-corrected chi connectivity index (χ1v) is 12.2. The first kappa shape index (κ1) is 24.8. The van der Waals surface area contributed by atoms with Crippen molar-refractivity contribution in [1.29, 1.82) is 0 Å². The van der Waals surface area contributed by atoms with Crippen molar-refractivity contribution in [3.05, 3.63) is 46.5 Å². The zero-order valence-electron chi connectivity index (χ0n) is 20.4. The van der Waals surface area contributed by atoms with Gasteiger partial charge in [-0.1, -0.05) is 0 Å². The van der Waals surface area contributed by atoms with E-state index in [2.05, 4.69) is 25.6 Å². The molecule has 0 aliphatic carbocycles. The molecule has 0 aromatic carbocycles. The number of hydrogen-bond acceptors (Lipinski definition) is 8. The molecule has 3 aromatic heterocycles. The quantitative estimate of drug-likeness (QED) is 0.519. The molecule has 1 saturated heterocycles. The van der Waals surface area contributed by atoms with Gasteiger partial charge in [-0.25, -0.2) is 19.2 Å². The lowest BCUT2D eigenvalue weighted by Crippen LogP contribution is -2.54. The number of rotatable bonds is 6. The fraction of sp³-hybridized carbons (Fsp3) is 0.458. The Morgan fingerprint density at radius 1 is 1.26 bits per heavy atom. The Kier molecular flexibility index (Phi) is 6.88. The molecule has 3 aromatic rings. The number of ether oxygens (including phenoxy) is 1. The van der Waals surface area contributed by atoms with Crippen LogP contribution in [0.25, 0.3) is 10.2 Å². The van der Waals surface area contributed by atoms with E-state index in [-0.39, 0.29) is 17.9 Å². The lowest BCUT2D eigenvalue weighted by atomic mass is 9.99. The Balaban J connectivity index is 1.45. The second kappa shape index (κ2) is 9.73. The molecule has 2 N–H and O–H groups in total. The van der Waals surface area contributed by atoms with Crippen LogP contribution in [-0.2, 0) is 4.74 Å². The lowest BCUT2D eigenvalue weighted by molar-refractivity contribution is 0.0419. The van der Waals surface area contributed by atoms with Crippen molar-refractivity contribution in [2.24, 2.45) is 5.92 Å². The van der Waals surface area contributed by atoms with Crippen LogP contribution in [0.2, 0.25) is 0 Å². The number of nitrogens with zero attached hydrogens (tertiary/aromatic N) is 4. The Hall–Kier alpha value is -3.34. The number of fused-ring (bicyclic) bond motifs is 1. The van der Waals surface area contributed by atoms with Gasteiger partial charge < -0.3 is 20.3 Å². The van der Waals surface area contributed by atoms with Crippen molar-refractivity contribution in [3.8, 4) is 0 Å². The number of carbonyl (C=O) groups is 2. The molecular formula is C24H29FN6O3S. The summed E-state index contributed by atoms with van der Waals surface area (Å²) in [4.78, 5) is 40.9. The van der Waals surface area contributed by atoms with Gasteiger partial charge in [0, 0.05) is 36.6 Å². The van der Waals surface area contributed by atoms with E-state index in [1.165, 1.54) is 17.4 Å². The van der Waals surface area contributed by atoms with E-state index in [4.69, 9.17) is 4.74 Å². The molecule has 0 bridgehead atoms. The molecule has 2 amide bonds. The number of aryl methyl sites for hydroxylation is 1. The van der Waals surface area contributed by atoms with E-state index in [0.717, 1.165) is 15.8 Å². The van der Waals surface area contributed by atoms with Gasteiger partial charge in [-0.05, 0) is 52.3 Å². The number of alkyl carbamates (subject to hydrolysis) is 1. The maximum Gasteiger partial charge on any atom is 0.407 e. The maximum atomic E-state index is 13.6. The second-order valence-corrected chi connectivity index (χ2v) is 11.0. The van der Waals surface area contributed by atoms with Crippen LogP contribution in [0.15, 0.2) is 24.5 Å². The van der Waals surface area contributed by atoms with Gasteiger partial charge in [0.15, 0.2) is 5.69 Å². The van der Waals surface area contributed by atoms with Crippen molar-refractivity contribution in [1.82, 2.24) is 25.2 Å². The summed E-state index contributed by atoms with van der Waals surface area (Å²) in [6.45, 7) is 10.7. The Morgan fingerprint density at radius 2 is 2.00 bits per heavy atom. The van der Waals surface area contributed by atoms with Crippen molar-refractivity contribution in [3.63, 3.8) is 0 Å². The maximum absolute atomic E-state index is 13.6. The van der Waals surface area contributed by atoms with Gasteiger partial charge in [0.25, 0.3) is 5.91 Å². The van der Waals surface area contributed by atoms with E-state index in [9.17, 15) is 14.0 Å². The third-order valence-electron chi connectivity index (χ3n) is 5.45. The molecule has 0 spiro atoms. The fourth-order valence-corrected chi connectivity index (χ4v) is 4.69. The number of thiophene rings is 1. The second-order valence-electron chi connectivity index (χ2n) is 9.73. The summed E-state index contributed by atoms with van der Waals surface area (Å²) in [6.07, 6.45) is 2.26. The first-order valence-electron chi connectivity index (χ1n) is 11.4. The summed E-state index contributed by atoms with van der Waals surface area (Å²) in [7, 11) is 0. The molecule has 1 fully saturated rings. The predicted octanol–water partition coefficient (Wildman–Crippen LogP) is 4.30. The number of halogens is 1. The van der Waals surface area contributed by atoms with Crippen LogP contribution in [0.4, 0.5) is 15.1 Å². The SMILES string of the molecule is Cc1cc2nc(N[C@@H](C)c3cncc(F)c3)nc(C(=O)N3CC(CNC(=O)OC(C)(C)C)C3)c2s1. The van der Waals surface area contributed by atoms with Crippen LogP contribution in [0.3, 0.4) is 0 Å². The van der Waals surface area contributed by atoms with Crippen LogP contribution < -0.4 is 10.6 Å². The molecule has 0 unspecified atom stereocenters. The summed E-state index contributed by atoms with van der Waals surface area (Å²) >= 11 is 1.47. The minimum Gasteiger partial charge on any atom is -0.444 e. The van der Waals surface area contributed by atoms with Gasteiger partial charge in [-0.3, -0.25) is 9.78 Å². The Bertz CT molecular complexity index is 1250. The smallest absolute Gasteiger partial charge is 0.407 e. The van der Waals surface area contributed by atoms with Crippen LogP contribution in [0, 0.1) is 18.7 Å². The molecule has 186 valence electrons. The molecule has 4 heterocycles. The summed E-state index contributed by atoms with van der Waals surface area (Å²) in [5.41, 5.74) is 1.10. The molecule has 1 aliphatic rings. The number of likely N-dealkylation sites (tertiary alicyclic amines) is 1. The summed E-state index contributed by atoms with van der Waals surface area (Å²) in [5, 5.41) is 5.92. The highest BCUT2D eigenvalue weighted by Gasteiger charge is 2.34. The summed E-state index contributed by atoms with van der Waals surface area (Å²) < 4.78 is 19.6. The fourth-order valence-electron chi connectivity index (χ4n) is 3.76. The normalized spacial score (nSPS) is 15.0. The molecule has 11 heteroatoms. The number of pyridine rings is 1. The van der Waals surface area contributed by atoms with Gasteiger partial charge in [0.1, 0.15) is 11.4 Å². The zero-order valence-corrected chi connectivity index (χ0v) is 21.2. The van der Waals surface area contributed by atoms with E-state index in [1.807, 2.05) is 40.7 Å². The van der Waals surface area contributed by atoms with Crippen LogP contribution in [0.5, 0.6) is 0 Å². The number of carbonyl (C=O) groups excluding carboxylic acids is 2. The first-order chi connectivity index (χ1) is 16.5. The van der Waals surface area contributed by atoms with Crippen LogP contribution in [-0.4, -0.2) is 57.1 Å². The lowest BCUT2D eigenvalue weighted by Gasteiger charge is -2.39. The van der Waals surface area contributed by atoms with E-state index < -0.39 is 17.5 Å². The third kappa shape index (κ3) is 6.02. The Labute approximate surface area is 207 Å². The summed E-state index contributed by atoms with van der Waals surface area (Å²) in [5.74, 6) is -0.174. The van der Waals surface area contributed by atoms with Crippen LogP contribution >= 0.6 is 11.3 Å². The number of anilines is 1. The highest BCUT2D eigenvalue weighted by Crippen LogP contribution is 2.30. The number of aromatic nitrogens is 3. The predicted molar refractivity (Wildman–Crippen MR) is 132 cm³/mol. The Morgan fingerprint density at radius 3 is 2.69 bits per heavy atom. The highest BCUT2D eigenvalue weighted by molar-refractivity contribution is 7.19. The molecule has 35 heavy (non-hydrogen) atoms. The van der Waals surface area contributed by atoms with E-state index in [0.29, 0.717) is 42.4 Å². The standard InChI is InChI=1S/C24H29FN6O3S/c1-13-6-18-20(35-13)19(30-22(29-18)28-14(2)16-7-17(25)10-26-9-16)21(32)31-11-15(12-31)8-27-23(33)34-24(3,4)5/h6-7,9-10,14-15H,8,11-12H2,1-5H3,(H,27,33)(H,28,29,30)/t14-/m0/s1. The van der Waals surface area contributed by atoms with Gasteiger partial charge in [0.05, 0.1) is 22.5 Å². The van der Waals surface area contributed by atoms with Crippen molar-refractivity contribution >= 4 is 39.5 Å². The van der Waals surface area contributed by atoms with Crippen LogP contribution in [0.1, 0.15) is 54.7 Å². The van der Waals surface area contributed by atoms with Crippen molar-refractivity contribution in [2.75, 3.05) is 25.0 Å². The largest absolute Gasteiger partial charge is 0.444 e. The molecule has 0 saturated carbocycles. The van der Waals surface area contributed by atoms with Gasteiger partial charge in [-0.2, -0.15) is 0 Å². The molecule has 4 rings (SSSR count). The number of nitrogens with one attached hydrogen (secondary N) is 2. The minimum absolute atomic E-state index is 0.145. The monoisotopic (exact) mass is 500 g/mol. The van der Waals surface area contributed by atoms with Gasteiger partial charge >= 0.3 is 6.09 Å². The van der Waals surface area contributed by atoms with E-state index >= 15 is 0 Å². The third-order valence-corrected chi connectivity index (χ3v) is 6.49. The summed E-state index contributed by atoms with van der Waals surface area (Å²) in [6, 6.07) is 3.00. The molecule has 1 aliphatic heterocycles. The molecular weight excluding hydrogens is 471 g/mol.